The molecule has 0 spiro atoms. The monoisotopic (exact) mass is 312 g/mol. The SMILES string of the molecule is CCC(C)(C)C(=O)OCC(=O)OC1C2CC3C(=O)OC1C3O2. The molecule has 5 atom stereocenters. The van der Waals surface area contributed by atoms with Crippen LogP contribution in [-0.4, -0.2) is 48.9 Å². The molecular weight excluding hydrogens is 292 g/mol. The topological polar surface area (TPSA) is 88.1 Å². The number of carbonyl (C=O) groups is 3. The smallest absolute Gasteiger partial charge is 0.344 e. The second-order valence-corrected chi connectivity index (χ2v) is 6.65. The molecule has 7 heteroatoms. The average molecular weight is 312 g/mol. The van der Waals surface area contributed by atoms with Crippen molar-refractivity contribution in [2.75, 3.05) is 6.61 Å². The zero-order valence-electron chi connectivity index (χ0n) is 12.9. The lowest BCUT2D eigenvalue weighted by atomic mass is 9.88. The molecular formula is C15H20O7. The summed E-state index contributed by atoms with van der Waals surface area (Å²) < 4.78 is 21.1. The summed E-state index contributed by atoms with van der Waals surface area (Å²) in [5, 5.41) is 0. The fraction of sp³-hybridized carbons (Fsp3) is 0.800. The number of rotatable bonds is 5. The van der Waals surface area contributed by atoms with Gasteiger partial charge in [0.2, 0.25) is 0 Å². The predicted octanol–water partition coefficient (Wildman–Crippen LogP) is 0.590. The molecule has 3 saturated heterocycles. The Hall–Kier alpha value is -1.63. The molecule has 0 saturated carbocycles. The minimum atomic E-state index is -0.652. The Labute approximate surface area is 128 Å². The molecule has 0 aromatic heterocycles. The minimum Gasteiger partial charge on any atom is -0.455 e. The van der Waals surface area contributed by atoms with Crippen LogP contribution in [0.1, 0.15) is 33.6 Å². The van der Waals surface area contributed by atoms with Crippen LogP contribution < -0.4 is 0 Å². The van der Waals surface area contributed by atoms with Crippen LogP contribution >= 0.6 is 0 Å². The van der Waals surface area contributed by atoms with Crippen LogP contribution in [0.5, 0.6) is 0 Å². The predicted molar refractivity (Wildman–Crippen MR) is 71.6 cm³/mol. The van der Waals surface area contributed by atoms with Gasteiger partial charge in [-0.15, -0.1) is 0 Å². The minimum absolute atomic E-state index is 0.229. The Balaban J connectivity index is 1.51. The Bertz CT molecular complexity index is 512. The molecule has 2 bridgehead atoms. The summed E-state index contributed by atoms with van der Waals surface area (Å²) in [5.41, 5.74) is -0.635. The summed E-state index contributed by atoms with van der Waals surface area (Å²) in [7, 11) is 0. The maximum atomic E-state index is 11.9. The molecule has 122 valence electrons. The van der Waals surface area contributed by atoms with Crippen molar-refractivity contribution in [3.63, 3.8) is 0 Å². The first-order chi connectivity index (χ1) is 10.3. The van der Waals surface area contributed by atoms with E-state index in [9.17, 15) is 14.4 Å². The van der Waals surface area contributed by atoms with Crippen LogP contribution in [0.3, 0.4) is 0 Å². The Morgan fingerprint density at radius 2 is 2.05 bits per heavy atom. The van der Waals surface area contributed by atoms with Crippen molar-refractivity contribution in [1.29, 1.82) is 0 Å². The van der Waals surface area contributed by atoms with Crippen molar-refractivity contribution < 1.29 is 33.3 Å². The van der Waals surface area contributed by atoms with Gasteiger partial charge >= 0.3 is 17.9 Å². The quantitative estimate of drug-likeness (QED) is 0.542. The summed E-state index contributed by atoms with van der Waals surface area (Å²) in [6.45, 7) is 4.93. The molecule has 3 aliphatic rings. The fourth-order valence-electron chi connectivity index (χ4n) is 3.03. The van der Waals surface area contributed by atoms with E-state index < -0.39 is 36.2 Å². The number of fused-ring (bicyclic) bond motifs is 1. The van der Waals surface area contributed by atoms with E-state index in [0.29, 0.717) is 12.8 Å². The van der Waals surface area contributed by atoms with Gasteiger partial charge in [0.25, 0.3) is 0 Å². The molecule has 0 radical (unpaired) electrons. The molecule has 22 heavy (non-hydrogen) atoms. The first-order valence-corrected chi connectivity index (χ1v) is 7.56. The van der Waals surface area contributed by atoms with E-state index >= 15 is 0 Å². The summed E-state index contributed by atoms with van der Waals surface area (Å²) in [5.74, 6) is -1.61. The first-order valence-electron chi connectivity index (χ1n) is 7.56. The molecule has 3 rings (SSSR count). The van der Waals surface area contributed by atoms with Crippen LogP contribution in [0, 0.1) is 11.3 Å². The second-order valence-electron chi connectivity index (χ2n) is 6.65. The molecule has 0 amide bonds. The molecule has 3 heterocycles. The lowest BCUT2D eigenvalue weighted by Gasteiger charge is -2.23. The van der Waals surface area contributed by atoms with Gasteiger partial charge in [-0.1, -0.05) is 6.92 Å². The molecule has 0 N–H and O–H groups in total. The van der Waals surface area contributed by atoms with Crippen LogP contribution in [0.2, 0.25) is 0 Å². The molecule has 3 aliphatic heterocycles. The van der Waals surface area contributed by atoms with Gasteiger partial charge in [-0.05, 0) is 26.7 Å². The summed E-state index contributed by atoms with van der Waals surface area (Å²) >= 11 is 0. The van der Waals surface area contributed by atoms with Crippen molar-refractivity contribution in [3.05, 3.63) is 0 Å². The number of ether oxygens (including phenoxy) is 4. The van der Waals surface area contributed by atoms with Gasteiger partial charge < -0.3 is 18.9 Å². The van der Waals surface area contributed by atoms with Crippen LogP contribution in [-0.2, 0) is 33.3 Å². The van der Waals surface area contributed by atoms with Gasteiger partial charge in [0, 0.05) is 0 Å². The third kappa shape index (κ3) is 2.37. The lowest BCUT2D eigenvalue weighted by Crippen LogP contribution is -2.41. The highest BCUT2D eigenvalue weighted by molar-refractivity contribution is 5.80. The highest BCUT2D eigenvalue weighted by Gasteiger charge is 2.65. The Morgan fingerprint density at radius 3 is 2.73 bits per heavy atom. The van der Waals surface area contributed by atoms with E-state index in [1.54, 1.807) is 13.8 Å². The third-order valence-electron chi connectivity index (χ3n) is 4.81. The van der Waals surface area contributed by atoms with E-state index in [1.807, 2.05) is 6.92 Å². The highest BCUT2D eigenvalue weighted by atomic mass is 16.7. The van der Waals surface area contributed by atoms with E-state index in [0.717, 1.165) is 0 Å². The molecule has 5 unspecified atom stereocenters. The number of hydrogen-bond acceptors (Lipinski definition) is 7. The highest BCUT2D eigenvalue weighted by Crippen LogP contribution is 2.47. The van der Waals surface area contributed by atoms with Gasteiger partial charge in [0.05, 0.1) is 17.4 Å². The van der Waals surface area contributed by atoms with Crippen LogP contribution in [0.4, 0.5) is 0 Å². The summed E-state index contributed by atoms with van der Waals surface area (Å²) in [6, 6.07) is 0. The fourth-order valence-corrected chi connectivity index (χ4v) is 3.03. The van der Waals surface area contributed by atoms with E-state index in [4.69, 9.17) is 18.9 Å². The van der Waals surface area contributed by atoms with Gasteiger partial charge in [-0.25, -0.2) is 4.79 Å². The van der Waals surface area contributed by atoms with E-state index in [2.05, 4.69) is 0 Å². The number of hydrogen-bond donors (Lipinski definition) is 0. The van der Waals surface area contributed by atoms with Crippen molar-refractivity contribution in [2.24, 2.45) is 11.3 Å². The zero-order valence-corrected chi connectivity index (χ0v) is 12.9. The molecule has 0 aromatic rings. The standard InChI is InChI=1S/C15H20O7/c1-4-15(2,3)14(18)19-6-9(16)21-11-8-5-7-10(20-8)12(11)22-13(7)17/h7-8,10-12H,4-6H2,1-3H3. The molecule has 3 fully saturated rings. The average Bonchev–Trinajstić information content (AvgIpc) is 3.09. The Kier molecular flexibility index (Phi) is 3.63. The number of esters is 3. The Morgan fingerprint density at radius 1 is 1.32 bits per heavy atom. The maximum Gasteiger partial charge on any atom is 0.344 e. The first kappa shape index (κ1) is 15.3. The molecule has 0 aromatic carbocycles. The van der Waals surface area contributed by atoms with Crippen LogP contribution in [0.15, 0.2) is 0 Å². The summed E-state index contributed by atoms with van der Waals surface area (Å²) in [6.07, 6.45) is -0.614. The normalized spacial score (nSPS) is 35.4. The maximum absolute atomic E-state index is 11.9. The van der Waals surface area contributed by atoms with Crippen molar-refractivity contribution in [3.8, 4) is 0 Å². The lowest BCUT2D eigenvalue weighted by molar-refractivity contribution is -0.172. The largest absolute Gasteiger partial charge is 0.455 e. The van der Waals surface area contributed by atoms with Gasteiger partial charge in [0.15, 0.2) is 18.8 Å². The van der Waals surface area contributed by atoms with Gasteiger partial charge in [-0.3, -0.25) is 9.59 Å². The zero-order chi connectivity index (χ0) is 16.1. The van der Waals surface area contributed by atoms with Gasteiger partial charge in [-0.2, -0.15) is 0 Å². The van der Waals surface area contributed by atoms with Crippen molar-refractivity contribution in [1.82, 2.24) is 0 Å². The third-order valence-corrected chi connectivity index (χ3v) is 4.81. The van der Waals surface area contributed by atoms with Gasteiger partial charge in [0.1, 0.15) is 6.10 Å². The van der Waals surface area contributed by atoms with E-state index in [-0.39, 0.29) is 24.1 Å². The van der Waals surface area contributed by atoms with Crippen molar-refractivity contribution >= 4 is 17.9 Å². The van der Waals surface area contributed by atoms with Crippen molar-refractivity contribution in [2.45, 2.75) is 58.0 Å². The summed E-state index contributed by atoms with van der Waals surface area (Å²) in [4.78, 5) is 35.2. The second kappa shape index (κ2) is 5.22. The number of carbonyl (C=O) groups excluding carboxylic acids is 3. The molecule has 0 aliphatic carbocycles. The van der Waals surface area contributed by atoms with Crippen LogP contribution in [0.25, 0.3) is 0 Å². The molecule has 7 nitrogen and oxygen atoms in total. The van der Waals surface area contributed by atoms with E-state index in [1.165, 1.54) is 0 Å².